The zero-order valence-corrected chi connectivity index (χ0v) is 18.4. The van der Waals surface area contributed by atoms with Gasteiger partial charge in [0.25, 0.3) is 5.91 Å². The molecule has 3 rings (SSSR count). The van der Waals surface area contributed by atoms with Crippen molar-refractivity contribution >= 4 is 29.1 Å². The Labute approximate surface area is 186 Å². The molecule has 4 nitrogen and oxygen atoms in total. The number of hydrogen-bond acceptors (Lipinski definition) is 3. The quantitative estimate of drug-likeness (QED) is 0.435. The fourth-order valence-electron chi connectivity index (χ4n) is 3.21. The third-order valence-electron chi connectivity index (χ3n) is 4.82. The predicted molar refractivity (Wildman–Crippen MR) is 121 cm³/mol. The van der Waals surface area contributed by atoms with Gasteiger partial charge >= 0.3 is 0 Å². The van der Waals surface area contributed by atoms with Gasteiger partial charge in [-0.1, -0.05) is 53.5 Å². The molecule has 0 aliphatic heterocycles. The van der Waals surface area contributed by atoms with Gasteiger partial charge in [-0.2, -0.15) is 0 Å². The summed E-state index contributed by atoms with van der Waals surface area (Å²) >= 11 is 12.3. The van der Waals surface area contributed by atoms with Crippen LogP contribution in [0.3, 0.4) is 0 Å². The second-order valence-electron chi connectivity index (χ2n) is 6.76. The molecule has 0 saturated carbocycles. The lowest BCUT2D eigenvalue weighted by molar-refractivity contribution is 0.0743. The highest BCUT2D eigenvalue weighted by Gasteiger charge is 2.19. The molecule has 0 radical (unpaired) electrons. The van der Waals surface area contributed by atoms with Crippen molar-refractivity contribution in [3.05, 3.63) is 93.5 Å². The number of nitrogens with zero attached hydrogens (tertiary/aromatic N) is 1. The van der Waals surface area contributed by atoms with Gasteiger partial charge in [-0.05, 0) is 48.4 Å². The molecule has 0 spiro atoms. The summed E-state index contributed by atoms with van der Waals surface area (Å²) in [6, 6.07) is 20.2. The van der Waals surface area contributed by atoms with Crippen molar-refractivity contribution in [1.82, 2.24) is 4.90 Å². The summed E-state index contributed by atoms with van der Waals surface area (Å²) in [4.78, 5) is 15.1. The van der Waals surface area contributed by atoms with E-state index in [0.717, 1.165) is 16.9 Å². The monoisotopic (exact) mass is 443 g/mol. The molecule has 0 atom stereocenters. The lowest BCUT2D eigenvalue weighted by Gasteiger charge is -2.24. The molecule has 0 aromatic heterocycles. The molecule has 0 aliphatic rings. The molecule has 3 aromatic carbocycles. The summed E-state index contributed by atoms with van der Waals surface area (Å²) in [5.41, 5.74) is 2.43. The van der Waals surface area contributed by atoms with E-state index >= 15 is 0 Å². The van der Waals surface area contributed by atoms with Crippen LogP contribution in [0.15, 0.2) is 66.7 Å². The first-order valence-electron chi connectivity index (χ1n) is 9.51. The summed E-state index contributed by atoms with van der Waals surface area (Å²) in [6.45, 7) is 0.890. The number of para-hydroxylation sites is 1. The highest BCUT2D eigenvalue weighted by Crippen LogP contribution is 2.24. The van der Waals surface area contributed by atoms with E-state index in [1.165, 1.54) is 0 Å². The fraction of sp³-hybridized carbons (Fsp3) is 0.208. The minimum absolute atomic E-state index is 0.0927. The molecule has 0 unspecified atom stereocenters. The Balaban J connectivity index is 1.87. The van der Waals surface area contributed by atoms with Crippen LogP contribution >= 0.6 is 23.2 Å². The number of ether oxygens (including phenoxy) is 2. The molecule has 156 valence electrons. The molecule has 0 heterocycles. The Bertz CT molecular complexity index is 1020. The lowest BCUT2D eigenvalue weighted by atomic mass is 10.1. The molecular formula is C24H23Cl2NO3. The Hall–Kier alpha value is -2.69. The maximum atomic E-state index is 13.4. The summed E-state index contributed by atoms with van der Waals surface area (Å²) in [6.07, 6.45) is 0.598. The minimum atomic E-state index is -0.0927. The van der Waals surface area contributed by atoms with E-state index in [4.69, 9.17) is 32.7 Å². The number of benzene rings is 3. The average molecular weight is 444 g/mol. The van der Waals surface area contributed by atoms with Crippen LogP contribution in [0.4, 0.5) is 0 Å². The first-order valence-corrected chi connectivity index (χ1v) is 10.3. The summed E-state index contributed by atoms with van der Waals surface area (Å²) in [5.74, 6) is 1.29. The normalized spacial score (nSPS) is 10.5. The predicted octanol–water partition coefficient (Wildman–Crippen LogP) is 5.90. The van der Waals surface area contributed by atoms with Crippen molar-refractivity contribution in [2.75, 3.05) is 20.8 Å². The molecule has 0 N–H and O–H groups in total. The van der Waals surface area contributed by atoms with Crippen LogP contribution in [-0.4, -0.2) is 31.6 Å². The van der Waals surface area contributed by atoms with Gasteiger partial charge in [0.15, 0.2) is 0 Å². The van der Waals surface area contributed by atoms with E-state index < -0.39 is 0 Å². The van der Waals surface area contributed by atoms with Gasteiger partial charge in [0.1, 0.15) is 11.5 Å². The van der Waals surface area contributed by atoms with E-state index in [1.807, 2.05) is 42.5 Å². The van der Waals surface area contributed by atoms with E-state index in [-0.39, 0.29) is 5.91 Å². The maximum Gasteiger partial charge on any atom is 0.254 e. The van der Waals surface area contributed by atoms with Crippen molar-refractivity contribution < 1.29 is 14.3 Å². The third-order valence-corrected chi connectivity index (χ3v) is 5.41. The molecule has 0 bridgehead atoms. The number of carbonyl (C=O) groups excluding carboxylic acids is 1. The van der Waals surface area contributed by atoms with Gasteiger partial charge < -0.3 is 14.4 Å². The number of rotatable bonds is 8. The second kappa shape index (κ2) is 10.4. The summed E-state index contributed by atoms with van der Waals surface area (Å²) in [5, 5.41) is 1.18. The van der Waals surface area contributed by atoms with Gasteiger partial charge in [-0.25, -0.2) is 0 Å². The van der Waals surface area contributed by atoms with Gasteiger partial charge in [0.2, 0.25) is 0 Å². The summed E-state index contributed by atoms with van der Waals surface area (Å²) in [7, 11) is 3.21. The van der Waals surface area contributed by atoms with Crippen molar-refractivity contribution in [1.29, 1.82) is 0 Å². The van der Waals surface area contributed by atoms with Crippen LogP contribution in [-0.2, 0) is 13.0 Å². The van der Waals surface area contributed by atoms with Gasteiger partial charge in [-0.15, -0.1) is 0 Å². The number of methoxy groups -OCH3 is 2. The number of hydrogen-bond donors (Lipinski definition) is 0. The Morgan fingerprint density at radius 3 is 2.43 bits per heavy atom. The molecule has 6 heteroatoms. The smallest absolute Gasteiger partial charge is 0.254 e. The number of carbonyl (C=O) groups is 1. The second-order valence-corrected chi connectivity index (χ2v) is 7.60. The number of halogens is 2. The Morgan fingerprint density at radius 2 is 1.70 bits per heavy atom. The van der Waals surface area contributed by atoms with Crippen molar-refractivity contribution in [3.8, 4) is 11.5 Å². The van der Waals surface area contributed by atoms with Crippen LogP contribution in [0.25, 0.3) is 0 Å². The zero-order valence-electron chi connectivity index (χ0n) is 16.9. The zero-order chi connectivity index (χ0) is 21.5. The van der Waals surface area contributed by atoms with Gasteiger partial charge in [0.05, 0.1) is 14.2 Å². The van der Waals surface area contributed by atoms with Gasteiger partial charge in [0, 0.05) is 34.3 Å². The highest BCUT2D eigenvalue weighted by atomic mass is 35.5. The largest absolute Gasteiger partial charge is 0.497 e. The third kappa shape index (κ3) is 5.47. The lowest BCUT2D eigenvalue weighted by Crippen LogP contribution is -2.32. The molecule has 0 saturated heterocycles. The average Bonchev–Trinajstić information content (AvgIpc) is 2.77. The SMILES string of the molecule is COc1cccc(C(=O)N(CCc2ccc(Cl)cc2Cl)Cc2ccccc2OC)c1. The van der Waals surface area contributed by atoms with Crippen LogP contribution in [0.1, 0.15) is 21.5 Å². The Kier molecular flexibility index (Phi) is 7.61. The molecule has 3 aromatic rings. The molecule has 0 fully saturated rings. The van der Waals surface area contributed by atoms with E-state index in [9.17, 15) is 4.79 Å². The molecule has 1 amide bonds. The molecular weight excluding hydrogens is 421 g/mol. The van der Waals surface area contributed by atoms with E-state index in [1.54, 1.807) is 43.4 Å². The maximum absolute atomic E-state index is 13.4. The van der Waals surface area contributed by atoms with Crippen LogP contribution < -0.4 is 9.47 Å². The summed E-state index contributed by atoms with van der Waals surface area (Å²) < 4.78 is 10.7. The topological polar surface area (TPSA) is 38.8 Å². The van der Waals surface area contributed by atoms with Crippen molar-refractivity contribution in [3.63, 3.8) is 0 Å². The van der Waals surface area contributed by atoms with E-state index in [0.29, 0.717) is 40.9 Å². The number of amides is 1. The van der Waals surface area contributed by atoms with Crippen LogP contribution in [0, 0.1) is 0 Å². The minimum Gasteiger partial charge on any atom is -0.497 e. The standard InChI is InChI=1S/C24H23Cl2NO3/c1-29-21-8-5-7-18(14-21)24(28)27(16-19-6-3-4-9-23(19)30-2)13-12-17-10-11-20(25)15-22(17)26/h3-11,14-15H,12-13,16H2,1-2H3. The molecule has 0 aliphatic carbocycles. The fourth-order valence-corrected chi connectivity index (χ4v) is 3.71. The van der Waals surface area contributed by atoms with E-state index in [2.05, 4.69) is 0 Å². The Morgan fingerprint density at radius 1 is 0.900 bits per heavy atom. The van der Waals surface area contributed by atoms with Crippen LogP contribution in [0.5, 0.6) is 11.5 Å². The first kappa shape index (κ1) is 22.0. The van der Waals surface area contributed by atoms with Crippen molar-refractivity contribution in [2.45, 2.75) is 13.0 Å². The molecule has 30 heavy (non-hydrogen) atoms. The van der Waals surface area contributed by atoms with Gasteiger partial charge in [-0.3, -0.25) is 4.79 Å². The first-order chi connectivity index (χ1) is 14.5. The van der Waals surface area contributed by atoms with Crippen molar-refractivity contribution in [2.24, 2.45) is 0 Å². The van der Waals surface area contributed by atoms with Crippen LogP contribution in [0.2, 0.25) is 10.0 Å². The highest BCUT2D eigenvalue weighted by molar-refractivity contribution is 6.35.